The fourth-order valence-electron chi connectivity index (χ4n) is 2.14. The van der Waals surface area contributed by atoms with Crippen molar-refractivity contribution in [3.05, 3.63) is 0 Å². The maximum Gasteiger partial charge on any atom is -0.0354 e. The molecule has 0 aliphatic heterocycles. The van der Waals surface area contributed by atoms with Crippen molar-refractivity contribution >= 4 is 0 Å². The monoisotopic (exact) mass is 154 g/mol. The van der Waals surface area contributed by atoms with Crippen LogP contribution in [-0.4, -0.2) is 0 Å². The van der Waals surface area contributed by atoms with Crippen molar-refractivity contribution in [3.63, 3.8) is 0 Å². The molecule has 1 saturated carbocycles. The molecule has 1 aliphatic carbocycles. The van der Waals surface area contributed by atoms with E-state index in [0.717, 1.165) is 5.92 Å². The van der Waals surface area contributed by atoms with E-state index in [1.165, 1.54) is 38.5 Å². The molecule has 11 heavy (non-hydrogen) atoms. The van der Waals surface area contributed by atoms with E-state index in [1.807, 2.05) is 0 Å². The second-order valence-electron chi connectivity index (χ2n) is 4.87. The first kappa shape index (κ1) is 9.09. The summed E-state index contributed by atoms with van der Waals surface area (Å²) in [5.74, 6) is 1.06. The van der Waals surface area contributed by atoms with Gasteiger partial charge in [0.1, 0.15) is 0 Å². The highest BCUT2D eigenvalue weighted by Crippen LogP contribution is 2.36. The van der Waals surface area contributed by atoms with Crippen molar-refractivity contribution in [3.8, 4) is 0 Å². The molecule has 1 aliphatic rings. The molecule has 0 unspecified atom stereocenters. The molecular weight excluding hydrogens is 132 g/mol. The Bertz CT molecular complexity index is 107. The summed E-state index contributed by atoms with van der Waals surface area (Å²) in [6.07, 6.45) is 8.79. The Hall–Kier alpha value is 0. The Labute approximate surface area is 71.4 Å². The first-order valence-electron chi connectivity index (χ1n) is 5.14. The van der Waals surface area contributed by atoms with E-state index in [4.69, 9.17) is 0 Å². The molecule has 0 N–H and O–H groups in total. The summed E-state index contributed by atoms with van der Waals surface area (Å²) >= 11 is 0. The minimum absolute atomic E-state index is 0.606. The molecule has 1 fully saturated rings. The molecule has 0 aromatic carbocycles. The van der Waals surface area contributed by atoms with Gasteiger partial charge < -0.3 is 0 Å². The summed E-state index contributed by atoms with van der Waals surface area (Å²) in [6.45, 7) is 7.13. The Morgan fingerprint density at radius 1 is 1.18 bits per heavy atom. The van der Waals surface area contributed by atoms with E-state index in [-0.39, 0.29) is 0 Å². The van der Waals surface area contributed by atoms with Crippen LogP contribution in [0.25, 0.3) is 0 Å². The summed E-state index contributed by atoms with van der Waals surface area (Å²) in [6, 6.07) is 0. The summed E-state index contributed by atoms with van der Waals surface area (Å²) in [5.41, 5.74) is 0.606. The zero-order valence-electron chi connectivity index (χ0n) is 8.32. The standard InChI is InChI=1S/C11H22/c1-4-11(2,3)9-10-7-5-6-8-10/h10H,4-9H2,1-3H3. The Balaban J connectivity index is 2.28. The van der Waals surface area contributed by atoms with Crippen LogP contribution >= 0.6 is 0 Å². The van der Waals surface area contributed by atoms with E-state index in [9.17, 15) is 0 Å². The van der Waals surface area contributed by atoms with Crippen molar-refractivity contribution in [2.75, 3.05) is 0 Å². The average molecular weight is 154 g/mol. The van der Waals surface area contributed by atoms with Gasteiger partial charge in [-0.25, -0.2) is 0 Å². The van der Waals surface area contributed by atoms with Gasteiger partial charge in [0.25, 0.3) is 0 Å². The van der Waals surface area contributed by atoms with Gasteiger partial charge in [-0.05, 0) is 17.8 Å². The van der Waals surface area contributed by atoms with E-state index in [0.29, 0.717) is 5.41 Å². The van der Waals surface area contributed by atoms with E-state index in [2.05, 4.69) is 20.8 Å². The lowest BCUT2D eigenvalue weighted by atomic mass is 9.80. The molecule has 0 spiro atoms. The summed E-state index contributed by atoms with van der Waals surface area (Å²) in [5, 5.41) is 0. The largest absolute Gasteiger partial charge is 0.0649 e. The quantitative estimate of drug-likeness (QED) is 0.576. The smallest absolute Gasteiger partial charge is 0.0354 e. The maximum absolute atomic E-state index is 2.41. The van der Waals surface area contributed by atoms with Crippen molar-refractivity contribution in [1.29, 1.82) is 0 Å². The molecule has 0 radical (unpaired) electrons. The minimum atomic E-state index is 0.606. The lowest BCUT2D eigenvalue weighted by Gasteiger charge is -2.26. The van der Waals surface area contributed by atoms with Gasteiger partial charge in [0.15, 0.2) is 0 Å². The highest BCUT2D eigenvalue weighted by Gasteiger charge is 2.23. The molecule has 0 aromatic heterocycles. The van der Waals surface area contributed by atoms with Crippen molar-refractivity contribution in [1.82, 2.24) is 0 Å². The third-order valence-electron chi connectivity index (χ3n) is 3.27. The lowest BCUT2D eigenvalue weighted by molar-refractivity contribution is 0.259. The van der Waals surface area contributed by atoms with Gasteiger partial charge in [0.05, 0.1) is 0 Å². The van der Waals surface area contributed by atoms with Crippen molar-refractivity contribution < 1.29 is 0 Å². The van der Waals surface area contributed by atoms with E-state index in [1.54, 1.807) is 0 Å². The predicted octanol–water partition coefficient (Wildman–Crippen LogP) is 4.00. The van der Waals surface area contributed by atoms with Crippen molar-refractivity contribution in [2.45, 2.75) is 59.3 Å². The second kappa shape index (κ2) is 3.60. The topological polar surface area (TPSA) is 0 Å². The van der Waals surface area contributed by atoms with E-state index < -0.39 is 0 Å². The number of hydrogen-bond donors (Lipinski definition) is 0. The molecule has 0 heteroatoms. The van der Waals surface area contributed by atoms with Gasteiger partial charge in [-0.1, -0.05) is 52.9 Å². The molecule has 0 atom stereocenters. The van der Waals surface area contributed by atoms with Crippen LogP contribution < -0.4 is 0 Å². The SMILES string of the molecule is CCC(C)(C)CC1CCCC1. The van der Waals surface area contributed by atoms with Gasteiger partial charge in [0, 0.05) is 0 Å². The Kier molecular flexibility index (Phi) is 2.98. The third-order valence-corrected chi connectivity index (χ3v) is 3.27. The van der Waals surface area contributed by atoms with Crippen molar-refractivity contribution in [2.24, 2.45) is 11.3 Å². The Morgan fingerprint density at radius 3 is 2.18 bits per heavy atom. The van der Waals surface area contributed by atoms with Crippen LogP contribution in [0.4, 0.5) is 0 Å². The molecule has 66 valence electrons. The van der Waals surface area contributed by atoms with E-state index >= 15 is 0 Å². The average Bonchev–Trinajstić information content (AvgIpc) is 2.39. The highest BCUT2D eigenvalue weighted by molar-refractivity contribution is 4.75. The normalized spacial score (nSPS) is 21.0. The molecule has 0 aromatic rings. The summed E-state index contributed by atoms with van der Waals surface area (Å²) in [7, 11) is 0. The number of hydrogen-bond acceptors (Lipinski definition) is 0. The molecule has 0 amide bonds. The van der Waals surface area contributed by atoms with Crippen LogP contribution in [0.15, 0.2) is 0 Å². The van der Waals surface area contributed by atoms with Gasteiger partial charge in [0.2, 0.25) is 0 Å². The predicted molar refractivity (Wildman–Crippen MR) is 50.6 cm³/mol. The lowest BCUT2D eigenvalue weighted by Crippen LogP contribution is -2.14. The first-order valence-corrected chi connectivity index (χ1v) is 5.14. The number of rotatable bonds is 3. The van der Waals surface area contributed by atoms with Gasteiger partial charge >= 0.3 is 0 Å². The maximum atomic E-state index is 2.41. The van der Waals surface area contributed by atoms with Crippen LogP contribution in [0.5, 0.6) is 0 Å². The molecule has 0 nitrogen and oxygen atoms in total. The van der Waals surface area contributed by atoms with Gasteiger partial charge in [-0.15, -0.1) is 0 Å². The molecule has 0 bridgehead atoms. The zero-order chi connectivity index (χ0) is 8.32. The highest BCUT2D eigenvalue weighted by atomic mass is 14.3. The van der Waals surface area contributed by atoms with Crippen LogP contribution in [0.3, 0.4) is 0 Å². The molecule has 0 saturated heterocycles. The second-order valence-corrected chi connectivity index (χ2v) is 4.87. The molecule has 0 heterocycles. The molecule has 1 rings (SSSR count). The Morgan fingerprint density at radius 2 is 1.73 bits per heavy atom. The molecular formula is C11H22. The zero-order valence-corrected chi connectivity index (χ0v) is 8.32. The minimum Gasteiger partial charge on any atom is -0.0649 e. The van der Waals surface area contributed by atoms with Gasteiger partial charge in [-0.2, -0.15) is 0 Å². The van der Waals surface area contributed by atoms with Crippen LogP contribution in [-0.2, 0) is 0 Å². The van der Waals surface area contributed by atoms with Crippen LogP contribution in [0, 0.1) is 11.3 Å². The summed E-state index contributed by atoms with van der Waals surface area (Å²) in [4.78, 5) is 0. The fraction of sp³-hybridized carbons (Fsp3) is 1.00. The summed E-state index contributed by atoms with van der Waals surface area (Å²) < 4.78 is 0. The first-order chi connectivity index (χ1) is 5.14. The van der Waals surface area contributed by atoms with Crippen LogP contribution in [0.1, 0.15) is 59.3 Å². The van der Waals surface area contributed by atoms with Gasteiger partial charge in [-0.3, -0.25) is 0 Å². The third kappa shape index (κ3) is 2.84. The fourth-order valence-corrected chi connectivity index (χ4v) is 2.14. The van der Waals surface area contributed by atoms with Crippen LogP contribution in [0.2, 0.25) is 0 Å².